The zero-order valence-corrected chi connectivity index (χ0v) is 12.3. The van der Waals surface area contributed by atoms with Crippen LogP contribution in [0.3, 0.4) is 0 Å². The molecule has 1 aromatic rings. The molecule has 0 aliphatic carbocycles. The van der Waals surface area contributed by atoms with Crippen LogP contribution >= 0.6 is 0 Å². The van der Waals surface area contributed by atoms with Gasteiger partial charge in [0.05, 0.1) is 0 Å². The maximum Gasteiger partial charge on any atom is 0.226 e. The van der Waals surface area contributed by atoms with E-state index in [0.29, 0.717) is 11.1 Å². The number of rotatable bonds is 6. The molecule has 0 aliphatic heterocycles. The Morgan fingerprint density at radius 3 is 2.25 bits per heavy atom. The van der Waals surface area contributed by atoms with E-state index in [2.05, 4.69) is 9.88 Å². The summed E-state index contributed by atoms with van der Waals surface area (Å²) in [6, 6.07) is 6.26. The normalized spacial score (nSPS) is 13.3. The molecule has 0 aromatic heterocycles. The highest BCUT2D eigenvalue weighted by atomic mass is 32.3. The fourth-order valence-corrected chi connectivity index (χ4v) is 4.34. The molecule has 1 rings (SSSR count). The van der Waals surface area contributed by atoms with Crippen LogP contribution in [0.2, 0.25) is 0 Å². The number of sulfone groups is 1. The van der Waals surface area contributed by atoms with E-state index in [4.69, 9.17) is 10.9 Å². The molecule has 112 valence electrons. The molecule has 0 saturated heterocycles. The highest BCUT2D eigenvalue weighted by Gasteiger charge is 2.17. The summed E-state index contributed by atoms with van der Waals surface area (Å²) in [5.41, 5.74) is 6.47. The smallest absolute Gasteiger partial charge is 0.226 e. The van der Waals surface area contributed by atoms with Crippen molar-refractivity contribution in [2.24, 2.45) is 10.9 Å². The van der Waals surface area contributed by atoms with E-state index in [1.165, 1.54) is 0 Å². The summed E-state index contributed by atoms with van der Waals surface area (Å²) in [6.45, 7) is -0.0473. The summed E-state index contributed by atoms with van der Waals surface area (Å²) in [5, 5.41) is 10.4. The van der Waals surface area contributed by atoms with Gasteiger partial charge in [-0.25, -0.2) is 21.6 Å². The molecule has 0 saturated carbocycles. The Labute approximate surface area is 117 Å². The minimum absolute atomic E-state index is 0.0473. The van der Waals surface area contributed by atoms with E-state index in [1.807, 2.05) is 0 Å². The Kier molecular flexibility index (Phi) is 5.09. The van der Waals surface area contributed by atoms with Gasteiger partial charge in [0.2, 0.25) is 10.0 Å². The van der Waals surface area contributed by atoms with Crippen LogP contribution in [0.1, 0.15) is 11.1 Å². The summed E-state index contributed by atoms with van der Waals surface area (Å²) in [4.78, 5) is 0. The molecule has 10 heteroatoms. The van der Waals surface area contributed by atoms with Gasteiger partial charge in [-0.3, -0.25) is 0 Å². The van der Waals surface area contributed by atoms with Gasteiger partial charge in [0.25, 0.3) is 0 Å². The average Bonchev–Trinajstić information content (AvgIpc) is 2.33. The predicted molar refractivity (Wildman–Crippen MR) is 74.4 cm³/mol. The first-order chi connectivity index (χ1) is 9.13. The van der Waals surface area contributed by atoms with Crippen molar-refractivity contribution in [2.75, 3.05) is 11.3 Å². The van der Waals surface area contributed by atoms with Crippen LogP contribution in [-0.4, -0.2) is 39.2 Å². The minimum Gasteiger partial charge on any atom is -0.409 e. The summed E-state index contributed by atoms with van der Waals surface area (Å²) in [6.07, 6.45) is 0.845. The Balaban J connectivity index is 2.72. The van der Waals surface area contributed by atoms with Gasteiger partial charge in [0.1, 0.15) is 0 Å². The lowest BCUT2D eigenvalue weighted by atomic mass is 10.1. The number of nitrogens with zero attached hydrogens (tertiary/aromatic N) is 1. The third kappa shape index (κ3) is 5.55. The molecule has 4 N–H and O–H groups in total. The van der Waals surface area contributed by atoms with Gasteiger partial charge in [-0.05, 0) is 5.56 Å². The third-order valence-corrected chi connectivity index (χ3v) is 5.76. The lowest BCUT2D eigenvalue weighted by molar-refractivity contribution is 0.318. The molecule has 0 atom stereocenters. The fourth-order valence-electron chi connectivity index (χ4n) is 1.37. The van der Waals surface area contributed by atoms with Crippen LogP contribution in [0, 0.1) is 0 Å². The van der Waals surface area contributed by atoms with E-state index < -0.39 is 24.9 Å². The van der Waals surface area contributed by atoms with Crippen molar-refractivity contribution < 1.29 is 22.0 Å². The predicted octanol–water partition coefficient (Wildman–Crippen LogP) is -0.797. The highest BCUT2D eigenvalue weighted by Crippen LogP contribution is 2.05. The number of hydrogen-bond acceptors (Lipinski definition) is 6. The summed E-state index contributed by atoms with van der Waals surface area (Å²) in [5.74, 6) is -0.0609. The van der Waals surface area contributed by atoms with Gasteiger partial charge >= 0.3 is 0 Å². The molecule has 0 heterocycles. The van der Waals surface area contributed by atoms with Crippen LogP contribution in [-0.2, 0) is 26.4 Å². The fraction of sp³-hybridized carbons (Fsp3) is 0.300. The second-order valence-electron chi connectivity index (χ2n) is 4.16. The van der Waals surface area contributed by atoms with Crippen LogP contribution in [0.4, 0.5) is 0 Å². The van der Waals surface area contributed by atoms with Gasteiger partial charge in [-0.1, -0.05) is 29.4 Å². The van der Waals surface area contributed by atoms with E-state index in [9.17, 15) is 16.8 Å². The van der Waals surface area contributed by atoms with Gasteiger partial charge in [0, 0.05) is 18.4 Å². The van der Waals surface area contributed by atoms with Gasteiger partial charge in [-0.2, -0.15) is 0 Å². The molecule has 0 unspecified atom stereocenters. The van der Waals surface area contributed by atoms with Crippen LogP contribution in [0.5, 0.6) is 0 Å². The largest absolute Gasteiger partial charge is 0.409 e. The van der Waals surface area contributed by atoms with Crippen molar-refractivity contribution in [3.8, 4) is 0 Å². The molecule has 0 amide bonds. The van der Waals surface area contributed by atoms with Gasteiger partial charge in [0.15, 0.2) is 20.8 Å². The van der Waals surface area contributed by atoms with E-state index in [1.54, 1.807) is 24.3 Å². The number of nitrogens with two attached hydrogens (primary N) is 1. The minimum atomic E-state index is -3.89. The summed E-state index contributed by atoms with van der Waals surface area (Å²) < 4.78 is 47.0. The van der Waals surface area contributed by atoms with Crippen molar-refractivity contribution in [3.05, 3.63) is 35.4 Å². The monoisotopic (exact) mass is 321 g/mol. The molecular weight excluding hydrogens is 306 g/mol. The van der Waals surface area contributed by atoms with Crippen molar-refractivity contribution in [3.63, 3.8) is 0 Å². The summed E-state index contributed by atoms with van der Waals surface area (Å²) in [7, 11) is -7.51. The van der Waals surface area contributed by atoms with E-state index in [-0.39, 0.29) is 12.4 Å². The van der Waals surface area contributed by atoms with Crippen molar-refractivity contribution in [1.29, 1.82) is 0 Å². The Bertz CT molecular complexity index is 693. The topological polar surface area (TPSA) is 139 Å². The number of sulfonamides is 1. The second-order valence-corrected chi connectivity index (χ2v) is 8.47. The lowest BCUT2D eigenvalue weighted by Crippen LogP contribution is -2.29. The molecule has 8 nitrogen and oxygen atoms in total. The number of oxime groups is 1. The summed E-state index contributed by atoms with van der Waals surface area (Å²) >= 11 is 0. The molecule has 0 spiro atoms. The lowest BCUT2D eigenvalue weighted by Gasteiger charge is -2.06. The number of hydrogen-bond donors (Lipinski definition) is 3. The molecule has 0 aliphatic rings. The number of nitrogens with one attached hydrogen (secondary N) is 1. The SMILES string of the molecule is CS(=O)(=O)CS(=O)(=O)NCc1ccc(/C(N)=N/O)cc1. The Morgan fingerprint density at radius 1 is 1.25 bits per heavy atom. The van der Waals surface area contributed by atoms with Crippen LogP contribution in [0.15, 0.2) is 29.4 Å². The molecular formula is C10H15N3O5S2. The molecule has 0 bridgehead atoms. The molecule has 0 radical (unpaired) electrons. The first-order valence-corrected chi connectivity index (χ1v) is 9.06. The van der Waals surface area contributed by atoms with Crippen molar-refractivity contribution in [2.45, 2.75) is 6.54 Å². The van der Waals surface area contributed by atoms with E-state index >= 15 is 0 Å². The first kappa shape index (κ1) is 16.4. The Hall–Kier alpha value is -1.65. The van der Waals surface area contributed by atoms with Crippen LogP contribution < -0.4 is 10.5 Å². The zero-order valence-electron chi connectivity index (χ0n) is 10.6. The van der Waals surface area contributed by atoms with Crippen LogP contribution in [0.25, 0.3) is 0 Å². The zero-order chi connectivity index (χ0) is 15.4. The van der Waals surface area contributed by atoms with Crippen molar-refractivity contribution >= 4 is 25.7 Å². The third-order valence-electron chi connectivity index (χ3n) is 2.22. The highest BCUT2D eigenvalue weighted by molar-refractivity contribution is 8.06. The first-order valence-electron chi connectivity index (χ1n) is 5.35. The average molecular weight is 321 g/mol. The maximum absolute atomic E-state index is 11.5. The standard InChI is InChI=1S/C10H15N3O5S2/c1-19(15,16)7-20(17,18)12-6-8-2-4-9(5-3-8)10(11)13-14/h2-5,12,14H,6-7H2,1H3,(H2,11,13). The molecule has 20 heavy (non-hydrogen) atoms. The molecule has 0 fully saturated rings. The van der Waals surface area contributed by atoms with Crippen molar-refractivity contribution in [1.82, 2.24) is 4.72 Å². The number of benzene rings is 1. The number of amidine groups is 1. The van der Waals surface area contributed by atoms with E-state index in [0.717, 1.165) is 6.26 Å². The quantitative estimate of drug-likeness (QED) is 0.271. The Morgan fingerprint density at radius 2 is 1.80 bits per heavy atom. The second kappa shape index (κ2) is 6.20. The van der Waals surface area contributed by atoms with Gasteiger partial charge < -0.3 is 10.9 Å². The van der Waals surface area contributed by atoms with Gasteiger partial charge in [-0.15, -0.1) is 0 Å². The molecule has 1 aromatic carbocycles. The maximum atomic E-state index is 11.5.